The molecule has 26 heavy (non-hydrogen) atoms. The van der Waals surface area contributed by atoms with E-state index in [2.05, 4.69) is 15.4 Å². The lowest BCUT2D eigenvalue weighted by atomic mass is 10.3. The Labute approximate surface area is 148 Å². The van der Waals surface area contributed by atoms with Gasteiger partial charge in [-0.3, -0.25) is 9.59 Å². The molecule has 0 atom stereocenters. The van der Waals surface area contributed by atoms with Gasteiger partial charge in [-0.15, -0.1) is 0 Å². The van der Waals surface area contributed by atoms with Crippen molar-refractivity contribution in [2.24, 2.45) is 0 Å². The highest BCUT2D eigenvalue weighted by molar-refractivity contribution is 7.89. The smallest absolute Gasteiger partial charge is 0.241 e. The second kappa shape index (κ2) is 8.02. The molecule has 0 aliphatic rings. The normalized spacial score (nSPS) is 11.0. The van der Waals surface area contributed by atoms with E-state index in [1.54, 1.807) is 0 Å². The summed E-state index contributed by atoms with van der Waals surface area (Å²) in [5.74, 6) is -2.91. The molecule has 3 N–H and O–H groups in total. The Morgan fingerprint density at radius 3 is 2.23 bits per heavy atom. The van der Waals surface area contributed by atoms with Crippen molar-refractivity contribution in [1.82, 2.24) is 4.72 Å². The first-order valence-corrected chi connectivity index (χ1v) is 8.78. The van der Waals surface area contributed by atoms with Crippen molar-refractivity contribution in [3.63, 3.8) is 0 Å². The molecule has 0 saturated heterocycles. The summed E-state index contributed by atoms with van der Waals surface area (Å²) in [7, 11) is -3.99. The van der Waals surface area contributed by atoms with E-state index in [4.69, 9.17) is 0 Å². The minimum Gasteiger partial charge on any atom is -0.326 e. The van der Waals surface area contributed by atoms with E-state index in [0.29, 0.717) is 11.8 Å². The Bertz CT molecular complexity index is 931. The van der Waals surface area contributed by atoms with Gasteiger partial charge < -0.3 is 10.6 Å². The molecule has 2 aromatic rings. The summed E-state index contributed by atoms with van der Waals surface area (Å²) in [5.41, 5.74) is 0.149. The highest BCUT2D eigenvalue weighted by Crippen LogP contribution is 2.15. The quantitative estimate of drug-likeness (QED) is 0.708. The molecule has 0 bridgehead atoms. The third-order valence-corrected chi connectivity index (χ3v) is 4.53. The van der Waals surface area contributed by atoms with E-state index in [1.165, 1.54) is 31.2 Å². The van der Waals surface area contributed by atoms with Gasteiger partial charge in [-0.25, -0.2) is 21.9 Å². The van der Waals surface area contributed by atoms with Crippen LogP contribution in [0.15, 0.2) is 47.4 Å². The molecule has 0 saturated carbocycles. The highest BCUT2D eigenvalue weighted by Gasteiger charge is 2.16. The Balaban J connectivity index is 1.98. The average molecular weight is 383 g/mol. The molecule has 0 aliphatic heterocycles. The lowest BCUT2D eigenvalue weighted by molar-refractivity contribution is -0.115. The third-order valence-electron chi connectivity index (χ3n) is 3.11. The summed E-state index contributed by atoms with van der Waals surface area (Å²) in [6.45, 7) is 0.668. The number of nitrogens with one attached hydrogen (secondary N) is 3. The number of sulfonamides is 1. The fourth-order valence-corrected chi connectivity index (χ4v) is 2.93. The van der Waals surface area contributed by atoms with Gasteiger partial charge in [0.2, 0.25) is 21.8 Å². The van der Waals surface area contributed by atoms with Gasteiger partial charge >= 0.3 is 0 Å². The van der Waals surface area contributed by atoms with Crippen LogP contribution >= 0.6 is 0 Å². The van der Waals surface area contributed by atoms with Crippen LogP contribution in [0.3, 0.4) is 0 Å². The fourth-order valence-electron chi connectivity index (χ4n) is 1.95. The molecule has 0 fully saturated rings. The Morgan fingerprint density at radius 2 is 1.65 bits per heavy atom. The molecular weight excluding hydrogens is 368 g/mol. The molecule has 0 aliphatic carbocycles. The van der Waals surface area contributed by atoms with E-state index >= 15 is 0 Å². The monoisotopic (exact) mass is 383 g/mol. The SMILES string of the molecule is CC(=O)Nc1ccc(S(=O)(=O)NCC(=O)Nc2ccc(F)cc2F)cc1. The zero-order valence-corrected chi connectivity index (χ0v) is 14.4. The summed E-state index contributed by atoms with van der Waals surface area (Å²) in [5, 5.41) is 4.63. The largest absolute Gasteiger partial charge is 0.326 e. The Kier molecular flexibility index (Phi) is 6.01. The van der Waals surface area contributed by atoms with Crippen molar-refractivity contribution in [2.45, 2.75) is 11.8 Å². The summed E-state index contributed by atoms with van der Waals surface area (Å²) >= 11 is 0. The topological polar surface area (TPSA) is 104 Å². The van der Waals surface area contributed by atoms with Crippen molar-refractivity contribution in [3.05, 3.63) is 54.1 Å². The van der Waals surface area contributed by atoms with Crippen molar-refractivity contribution >= 4 is 33.2 Å². The first kappa shape index (κ1) is 19.5. The molecule has 2 amide bonds. The van der Waals surface area contributed by atoms with Crippen molar-refractivity contribution in [1.29, 1.82) is 0 Å². The number of hydrogen-bond donors (Lipinski definition) is 3. The first-order chi connectivity index (χ1) is 12.2. The van der Waals surface area contributed by atoms with Gasteiger partial charge in [-0.05, 0) is 36.4 Å². The molecule has 138 valence electrons. The molecule has 10 heteroatoms. The van der Waals surface area contributed by atoms with Crippen LogP contribution in [0.5, 0.6) is 0 Å². The van der Waals surface area contributed by atoms with Gasteiger partial charge in [0.15, 0.2) is 0 Å². The molecule has 0 radical (unpaired) electrons. The average Bonchev–Trinajstić information content (AvgIpc) is 2.56. The second-order valence-corrected chi connectivity index (χ2v) is 6.97. The van der Waals surface area contributed by atoms with E-state index < -0.39 is 34.1 Å². The zero-order valence-electron chi connectivity index (χ0n) is 13.5. The Hall–Kier alpha value is -2.85. The number of carbonyl (C=O) groups is 2. The fraction of sp³-hybridized carbons (Fsp3) is 0.125. The lowest BCUT2D eigenvalue weighted by Crippen LogP contribution is -2.33. The molecule has 0 unspecified atom stereocenters. The van der Waals surface area contributed by atoms with Gasteiger partial charge in [0.25, 0.3) is 0 Å². The molecule has 2 aromatic carbocycles. The number of hydrogen-bond acceptors (Lipinski definition) is 4. The van der Waals surface area contributed by atoms with Crippen LogP contribution in [0.1, 0.15) is 6.92 Å². The number of amides is 2. The van der Waals surface area contributed by atoms with E-state index in [0.717, 1.165) is 12.1 Å². The van der Waals surface area contributed by atoms with Crippen molar-refractivity contribution in [3.8, 4) is 0 Å². The standard InChI is InChI=1S/C16H15F2N3O4S/c1-10(22)20-12-3-5-13(6-4-12)26(24,25)19-9-16(23)21-15-7-2-11(17)8-14(15)18/h2-8,19H,9H2,1H3,(H,20,22)(H,21,23). The van der Waals surface area contributed by atoms with Crippen LogP contribution in [-0.2, 0) is 19.6 Å². The minimum atomic E-state index is -3.99. The molecule has 0 spiro atoms. The van der Waals surface area contributed by atoms with Gasteiger partial charge in [0.05, 0.1) is 17.1 Å². The molecule has 2 rings (SSSR count). The van der Waals surface area contributed by atoms with Crippen LogP contribution in [-0.4, -0.2) is 26.8 Å². The summed E-state index contributed by atoms with van der Waals surface area (Å²) in [4.78, 5) is 22.6. The van der Waals surface area contributed by atoms with E-state index in [9.17, 15) is 26.8 Å². The summed E-state index contributed by atoms with van der Waals surface area (Å²) < 4.78 is 52.6. The van der Waals surface area contributed by atoms with Crippen LogP contribution < -0.4 is 15.4 Å². The predicted octanol–water partition coefficient (Wildman–Crippen LogP) is 1.84. The van der Waals surface area contributed by atoms with Crippen LogP contribution in [0.2, 0.25) is 0 Å². The van der Waals surface area contributed by atoms with Crippen LogP contribution in [0.25, 0.3) is 0 Å². The van der Waals surface area contributed by atoms with Gasteiger partial charge in [-0.1, -0.05) is 0 Å². The van der Waals surface area contributed by atoms with Crippen LogP contribution in [0, 0.1) is 11.6 Å². The maximum absolute atomic E-state index is 13.5. The summed E-state index contributed by atoms with van der Waals surface area (Å²) in [6.07, 6.45) is 0. The number of anilines is 2. The number of rotatable bonds is 6. The second-order valence-electron chi connectivity index (χ2n) is 5.20. The first-order valence-electron chi connectivity index (χ1n) is 7.29. The molecular formula is C16H15F2N3O4S. The number of carbonyl (C=O) groups excluding carboxylic acids is 2. The van der Waals surface area contributed by atoms with Gasteiger partial charge in [0, 0.05) is 18.7 Å². The lowest BCUT2D eigenvalue weighted by Gasteiger charge is -2.09. The molecule has 0 aromatic heterocycles. The van der Waals surface area contributed by atoms with Crippen molar-refractivity contribution < 1.29 is 26.8 Å². The molecule has 0 heterocycles. The maximum Gasteiger partial charge on any atom is 0.241 e. The van der Waals surface area contributed by atoms with Gasteiger partial charge in [-0.2, -0.15) is 0 Å². The molecule has 7 nitrogen and oxygen atoms in total. The van der Waals surface area contributed by atoms with Gasteiger partial charge in [0.1, 0.15) is 11.6 Å². The third kappa shape index (κ3) is 5.33. The van der Waals surface area contributed by atoms with E-state index in [1.807, 2.05) is 0 Å². The van der Waals surface area contributed by atoms with Crippen LogP contribution in [0.4, 0.5) is 20.2 Å². The maximum atomic E-state index is 13.5. The zero-order chi connectivity index (χ0) is 19.3. The minimum absolute atomic E-state index is 0.118. The summed E-state index contributed by atoms with van der Waals surface area (Å²) in [6, 6.07) is 7.87. The highest BCUT2D eigenvalue weighted by atomic mass is 32.2. The van der Waals surface area contributed by atoms with E-state index in [-0.39, 0.29) is 16.5 Å². The predicted molar refractivity (Wildman–Crippen MR) is 90.9 cm³/mol. The van der Waals surface area contributed by atoms with Crippen molar-refractivity contribution in [2.75, 3.05) is 17.2 Å². The number of halogens is 2. The number of benzene rings is 2. The Morgan fingerprint density at radius 1 is 1.00 bits per heavy atom.